The number of nitrogens with zero attached hydrogens (tertiary/aromatic N) is 2. The van der Waals surface area contributed by atoms with Crippen LogP contribution in [0.4, 0.5) is 0 Å². The fraction of sp³-hybridized carbons (Fsp3) is 0.188. The van der Waals surface area contributed by atoms with E-state index in [1.54, 1.807) is 37.7 Å². The van der Waals surface area contributed by atoms with Crippen LogP contribution in [0.1, 0.15) is 18.1 Å². The Morgan fingerprint density at radius 1 is 1.36 bits per heavy atom. The quantitative estimate of drug-likeness (QED) is 0.657. The van der Waals surface area contributed by atoms with E-state index in [4.69, 9.17) is 4.74 Å². The van der Waals surface area contributed by atoms with Crippen molar-refractivity contribution in [1.29, 1.82) is 0 Å². The Labute approximate surface area is 137 Å². The normalized spacial score (nSPS) is 12.1. The minimum absolute atomic E-state index is 0.321. The lowest BCUT2D eigenvalue weighted by molar-refractivity contribution is -0.127. The molecule has 5 nitrogen and oxygen atoms in total. The van der Waals surface area contributed by atoms with Gasteiger partial charge >= 0.3 is 0 Å². The summed E-state index contributed by atoms with van der Waals surface area (Å²) in [7, 11) is 0. The summed E-state index contributed by atoms with van der Waals surface area (Å²) in [6.45, 7) is 3.65. The molecule has 1 aromatic carbocycles. The van der Waals surface area contributed by atoms with Crippen LogP contribution in [-0.2, 0) is 4.79 Å². The summed E-state index contributed by atoms with van der Waals surface area (Å²) in [6.07, 6.45) is 4.20. The van der Waals surface area contributed by atoms with Gasteiger partial charge in [0.1, 0.15) is 5.75 Å². The van der Waals surface area contributed by atoms with Gasteiger partial charge in [-0.05, 0) is 65.2 Å². The highest BCUT2D eigenvalue weighted by atomic mass is 79.9. The van der Waals surface area contributed by atoms with Crippen molar-refractivity contribution in [3.05, 3.63) is 58.3 Å². The molecule has 2 aromatic rings. The fourth-order valence-corrected chi connectivity index (χ4v) is 2.24. The van der Waals surface area contributed by atoms with Gasteiger partial charge in [-0.1, -0.05) is 6.07 Å². The Kier molecular flexibility index (Phi) is 5.66. The highest BCUT2D eigenvalue weighted by Gasteiger charge is 2.15. The van der Waals surface area contributed by atoms with Crippen LogP contribution in [0.5, 0.6) is 5.75 Å². The SMILES string of the molecule is Cc1ccc(OC(C)C(=O)NN=Cc2ccncc2)c(Br)c1. The Balaban J connectivity index is 1.91. The molecule has 1 aromatic heterocycles. The monoisotopic (exact) mass is 361 g/mol. The lowest BCUT2D eigenvalue weighted by Gasteiger charge is -2.14. The van der Waals surface area contributed by atoms with E-state index >= 15 is 0 Å². The third-order valence-electron chi connectivity index (χ3n) is 2.85. The van der Waals surface area contributed by atoms with Crippen molar-refractivity contribution in [3.63, 3.8) is 0 Å². The standard InChI is InChI=1S/C16H16BrN3O2/c1-11-3-4-15(14(17)9-11)22-12(2)16(21)20-19-10-13-5-7-18-8-6-13/h3-10,12H,1-2H3,(H,20,21). The Morgan fingerprint density at radius 2 is 2.09 bits per heavy atom. The average Bonchev–Trinajstić information content (AvgIpc) is 2.51. The van der Waals surface area contributed by atoms with Crippen molar-refractivity contribution in [2.75, 3.05) is 0 Å². The largest absolute Gasteiger partial charge is 0.480 e. The topological polar surface area (TPSA) is 63.6 Å². The van der Waals surface area contributed by atoms with Crippen LogP contribution in [-0.4, -0.2) is 23.2 Å². The summed E-state index contributed by atoms with van der Waals surface area (Å²) in [6, 6.07) is 9.26. The summed E-state index contributed by atoms with van der Waals surface area (Å²) < 4.78 is 6.43. The predicted molar refractivity (Wildman–Crippen MR) is 88.9 cm³/mol. The maximum Gasteiger partial charge on any atom is 0.280 e. The first kappa shape index (κ1) is 16.2. The van der Waals surface area contributed by atoms with Gasteiger partial charge in [-0.3, -0.25) is 9.78 Å². The molecule has 1 atom stereocenters. The van der Waals surface area contributed by atoms with E-state index < -0.39 is 6.10 Å². The zero-order valence-corrected chi connectivity index (χ0v) is 13.9. The molecule has 1 heterocycles. The molecule has 1 N–H and O–H groups in total. The lowest BCUT2D eigenvalue weighted by Crippen LogP contribution is -2.33. The number of aromatic nitrogens is 1. The molecule has 0 aliphatic heterocycles. The number of hydrazone groups is 1. The number of aryl methyl sites for hydroxylation is 1. The number of amides is 1. The number of rotatable bonds is 5. The van der Waals surface area contributed by atoms with Gasteiger partial charge in [-0.2, -0.15) is 5.10 Å². The molecule has 0 radical (unpaired) electrons. The van der Waals surface area contributed by atoms with Crippen LogP contribution in [0.2, 0.25) is 0 Å². The summed E-state index contributed by atoms with van der Waals surface area (Å²) in [4.78, 5) is 15.8. The molecule has 114 valence electrons. The van der Waals surface area contributed by atoms with Crippen molar-refractivity contribution in [1.82, 2.24) is 10.4 Å². The Hall–Kier alpha value is -2.21. The minimum atomic E-state index is -0.659. The zero-order chi connectivity index (χ0) is 15.9. The van der Waals surface area contributed by atoms with Gasteiger partial charge in [0.15, 0.2) is 6.10 Å². The number of carbonyl (C=O) groups excluding carboxylic acids is 1. The Bertz CT molecular complexity index is 674. The first-order chi connectivity index (χ1) is 10.6. The van der Waals surface area contributed by atoms with Crippen LogP contribution in [0, 0.1) is 6.92 Å². The molecule has 0 aliphatic rings. The van der Waals surface area contributed by atoms with E-state index in [-0.39, 0.29) is 5.91 Å². The first-order valence-electron chi connectivity index (χ1n) is 6.72. The van der Waals surface area contributed by atoms with E-state index in [2.05, 4.69) is 31.4 Å². The second-order valence-corrected chi connectivity index (χ2v) is 5.56. The molecule has 0 bridgehead atoms. The number of pyridine rings is 1. The molecule has 1 unspecified atom stereocenters. The van der Waals surface area contributed by atoms with Crippen LogP contribution >= 0.6 is 15.9 Å². The maximum absolute atomic E-state index is 11.9. The number of carbonyl (C=O) groups is 1. The van der Waals surface area contributed by atoms with Gasteiger partial charge in [0.05, 0.1) is 10.7 Å². The molecule has 1 amide bonds. The van der Waals surface area contributed by atoms with E-state index in [1.807, 2.05) is 25.1 Å². The van der Waals surface area contributed by atoms with Gasteiger partial charge in [0.25, 0.3) is 5.91 Å². The van der Waals surface area contributed by atoms with Gasteiger partial charge in [-0.15, -0.1) is 0 Å². The van der Waals surface area contributed by atoms with Crippen molar-refractivity contribution >= 4 is 28.1 Å². The second kappa shape index (κ2) is 7.70. The molecule has 0 spiro atoms. The van der Waals surface area contributed by atoms with Gasteiger partial charge in [0, 0.05) is 12.4 Å². The number of ether oxygens (including phenoxy) is 1. The van der Waals surface area contributed by atoms with Gasteiger partial charge in [0.2, 0.25) is 0 Å². The van der Waals surface area contributed by atoms with Gasteiger partial charge < -0.3 is 4.74 Å². The van der Waals surface area contributed by atoms with Crippen LogP contribution < -0.4 is 10.2 Å². The van der Waals surface area contributed by atoms with E-state index in [0.717, 1.165) is 15.6 Å². The van der Waals surface area contributed by atoms with E-state index in [9.17, 15) is 4.79 Å². The van der Waals surface area contributed by atoms with Crippen molar-refractivity contribution in [2.45, 2.75) is 20.0 Å². The number of halogens is 1. The average molecular weight is 362 g/mol. The first-order valence-corrected chi connectivity index (χ1v) is 7.51. The minimum Gasteiger partial charge on any atom is -0.480 e. The molecule has 0 fully saturated rings. The third kappa shape index (κ3) is 4.66. The van der Waals surface area contributed by atoms with Crippen LogP contribution in [0.15, 0.2) is 52.3 Å². The summed E-state index contributed by atoms with van der Waals surface area (Å²) in [5.41, 5.74) is 4.41. The molecule has 0 saturated carbocycles. The van der Waals surface area contributed by atoms with Crippen molar-refractivity contribution in [2.24, 2.45) is 5.10 Å². The highest BCUT2D eigenvalue weighted by molar-refractivity contribution is 9.10. The molecule has 6 heteroatoms. The number of hydrogen-bond donors (Lipinski definition) is 1. The van der Waals surface area contributed by atoms with Crippen molar-refractivity contribution < 1.29 is 9.53 Å². The summed E-state index contributed by atoms with van der Waals surface area (Å²) in [5, 5.41) is 3.90. The summed E-state index contributed by atoms with van der Waals surface area (Å²) in [5.74, 6) is 0.296. The van der Waals surface area contributed by atoms with E-state index in [0.29, 0.717) is 5.75 Å². The molecule has 0 aliphatic carbocycles. The second-order valence-electron chi connectivity index (χ2n) is 4.71. The van der Waals surface area contributed by atoms with Crippen molar-refractivity contribution in [3.8, 4) is 5.75 Å². The smallest absolute Gasteiger partial charge is 0.280 e. The zero-order valence-electron chi connectivity index (χ0n) is 12.3. The fourth-order valence-electron chi connectivity index (χ4n) is 1.66. The third-order valence-corrected chi connectivity index (χ3v) is 3.47. The molecule has 0 saturated heterocycles. The lowest BCUT2D eigenvalue weighted by atomic mass is 10.2. The molecular formula is C16H16BrN3O2. The molecule has 2 rings (SSSR count). The van der Waals surface area contributed by atoms with E-state index in [1.165, 1.54) is 0 Å². The molecular weight excluding hydrogens is 346 g/mol. The van der Waals surface area contributed by atoms with Gasteiger partial charge in [-0.25, -0.2) is 5.43 Å². The number of hydrogen-bond acceptors (Lipinski definition) is 4. The Morgan fingerprint density at radius 3 is 2.77 bits per heavy atom. The predicted octanol–water partition coefficient (Wildman–Crippen LogP) is 3.07. The molecule has 22 heavy (non-hydrogen) atoms. The number of nitrogens with one attached hydrogen (secondary N) is 1. The summed E-state index contributed by atoms with van der Waals surface area (Å²) >= 11 is 3.42. The van der Waals surface area contributed by atoms with Crippen LogP contribution in [0.3, 0.4) is 0 Å². The highest BCUT2D eigenvalue weighted by Crippen LogP contribution is 2.26. The number of benzene rings is 1. The van der Waals surface area contributed by atoms with Crippen LogP contribution in [0.25, 0.3) is 0 Å². The maximum atomic E-state index is 11.9.